The van der Waals surface area contributed by atoms with Gasteiger partial charge in [-0.1, -0.05) is 45.4 Å². The van der Waals surface area contributed by atoms with E-state index in [9.17, 15) is 4.79 Å². The number of hydrogen-bond acceptors (Lipinski definition) is 1. The quantitative estimate of drug-likeness (QED) is 0.412. The van der Waals surface area contributed by atoms with Gasteiger partial charge in [0.15, 0.2) is 0 Å². The van der Waals surface area contributed by atoms with Gasteiger partial charge < -0.3 is 10.3 Å². The van der Waals surface area contributed by atoms with Crippen molar-refractivity contribution in [1.29, 1.82) is 0 Å². The molecule has 2 nitrogen and oxygen atoms in total. The first-order valence-corrected chi connectivity index (χ1v) is 4.85. The highest BCUT2D eigenvalue weighted by Crippen LogP contribution is 2.07. The van der Waals surface area contributed by atoms with Crippen LogP contribution >= 0.6 is 0 Å². The molecule has 0 heterocycles. The van der Waals surface area contributed by atoms with E-state index in [-0.39, 0.29) is 5.48 Å². The zero-order valence-electron chi connectivity index (χ0n) is 8.14. The van der Waals surface area contributed by atoms with Gasteiger partial charge in [-0.2, -0.15) is 0 Å². The number of rotatable bonds is 8. The molecule has 0 rings (SSSR count). The van der Waals surface area contributed by atoms with E-state index < -0.39 is 0 Å². The largest absolute Gasteiger partial charge is 0.412 e. The van der Waals surface area contributed by atoms with Crippen molar-refractivity contribution in [2.24, 2.45) is 0 Å². The maximum absolute atomic E-state index is 9.94. The van der Waals surface area contributed by atoms with Gasteiger partial charge in [0.05, 0.1) is 0 Å². The van der Waals surface area contributed by atoms with Crippen LogP contribution in [0.4, 0.5) is 0 Å². The molecular formula is C10H22O2. The maximum atomic E-state index is 9.94. The summed E-state index contributed by atoms with van der Waals surface area (Å²) in [5.41, 5.74) is 0. The molecule has 0 aromatic carbocycles. The van der Waals surface area contributed by atoms with E-state index in [4.69, 9.17) is 0 Å². The molecule has 0 unspecified atom stereocenters. The van der Waals surface area contributed by atoms with Gasteiger partial charge in [0.25, 0.3) is 0 Å². The summed E-state index contributed by atoms with van der Waals surface area (Å²) in [7, 11) is 0. The van der Waals surface area contributed by atoms with E-state index in [1.807, 2.05) is 0 Å². The number of unbranched alkanes of at least 4 members (excludes halogenated alkanes) is 7. The average molecular weight is 174 g/mol. The van der Waals surface area contributed by atoms with Crippen LogP contribution in [-0.2, 0) is 4.79 Å². The van der Waals surface area contributed by atoms with Gasteiger partial charge in [-0.05, 0) is 6.42 Å². The van der Waals surface area contributed by atoms with Gasteiger partial charge in [0.2, 0.25) is 0 Å². The van der Waals surface area contributed by atoms with E-state index in [0.29, 0.717) is 0 Å². The second-order valence-corrected chi connectivity index (χ2v) is 3.08. The third-order valence-electron chi connectivity index (χ3n) is 1.93. The first-order valence-electron chi connectivity index (χ1n) is 4.85. The predicted octanol–water partition coefficient (Wildman–Crippen LogP) is 2.50. The van der Waals surface area contributed by atoms with Gasteiger partial charge in [-0.3, -0.25) is 0 Å². The van der Waals surface area contributed by atoms with Crippen LogP contribution in [0.1, 0.15) is 58.3 Å². The van der Waals surface area contributed by atoms with Crippen molar-refractivity contribution in [3.63, 3.8) is 0 Å². The number of carbonyl (C=O) groups excluding carboxylic acids is 1. The summed E-state index contributed by atoms with van der Waals surface area (Å²) in [6.45, 7) is 2.23. The molecule has 0 radical (unpaired) electrons. The molecule has 0 saturated carbocycles. The van der Waals surface area contributed by atoms with E-state index >= 15 is 0 Å². The topological polar surface area (TPSA) is 48.6 Å². The first kappa shape index (κ1) is 14.2. The third kappa shape index (κ3) is 12.3. The standard InChI is InChI=1S/C10H20O.H2O/c1-2-3-4-5-6-7-8-9-10-11;/h10H,2-9H2,1H3;1H2. The van der Waals surface area contributed by atoms with Crippen molar-refractivity contribution >= 4 is 6.29 Å². The highest BCUT2D eigenvalue weighted by Gasteiger charge is 1.89. The smallest absolute Gasteiger partial charge is 0.119 e. The summed E-state index contributed by atoms with van der Waals surface area (Å²) in [5, 5.41) is 0. The molecule has 0 aromatic heterocycles. The molecule has 0 amide bonds. The maximum Gasteiger partial charge on any atom is 0.119 e. The minimum atomic E-state index is 0. The lowest BCUT2D eigenvalue weighted by Gasteiger charge is -1.97. The Bertz CT molecular complexity index is 81.9. The molecule has 0 aliphatic carbocycles. The van der Waals surface area contributed by atoms with E-state index in [0.717, 1.165) is 19.1 Å². The summed E-state index contributed by atoms with van der Waals surface area (Å²) in [5.74, 6) is 0. The van der Waals surface area contributed by atoms with E-state index in [1.165, 1.54) is 38.5 Å². The summed E-state index contributed by atoms with van der Waals surface area (Å²) < 4.78 is 0. The van der Waals surface area contributed by atoms with E-state index in [2.05, 4.69) is 6.92 Å². The fourth-order valence-corrected chi connectivity index (χ4v) is 1.18. The molecule has 74 valence electrons. The second kappa shape index (κ2) is 13.2. The molecule has 0 aliphatic heterocycles. The lowest BCUT2D eigenvalue weighted by atomic mass is 10.1. The highest BCUT2D eigenvalue weighted by molar-refractivity contribution is 5.48. The molecule has 0 aromatic rings. The van der Waals surface area contributed by atoms with Gasteiger partial charge in [-0.15, -0.1) is 0 Å². The van der Waals surface area contributed by atoms with Crippen molar-refractivity contribution < 1.29 is 10.3 Å². The van der Waals surface area contributed by atoms with Crippen molar-refractivity contribution in [1.82, 2.24) is 0 Å². The van der Waals surface area contributed by atoms with Crippen LogP contribution in [-0.4, -0.2) is 11.8 Å². The van der Waals surface area contributed by atoms with Crippen LogP contribution < -0.4 is 0 Å². The number of hydrogen-bond donors (Lipinski definition) is 0. The minimum Gasteiger partial charge on any atom is -0.412 e. The SMILES string of the molecule is CCCCCCCCCC=O.O. The van der Waals surface area contributed by atoms with Crippen LogP contribution in [0, 0.1) is 0 Å². The Kier molecular flexibility index (Phi) is 15.6. The van der Waals surface area contributed by atoms with Crippen molar-refractivity contribution in [3.8, 4) is 0 Å². The fraction of sp³-hybridized carbons (Fsp3) is 0.900. The monoisotopic (exact) mass is 174 g/mol. The molecule has 0 saturated heterocycles. The second-order valence-electron chi connectivity index (χ2n) is 3.08. The van der Waals surface area contributed by atoms with Crippen molar-refractivity contribution in [2.75, 3.05) is 0 Å². The van der Waals surface area contributed by atoms with E-state index in [1.54, 1.807) is 0 Å². The Labute approximate surface area is 75.7 Å². The molecule has 2 N–H and O–H groups in total. The summed E-state index contributed by atoms with van der Waals surface area (Å²) in [6.07, 6.45) is 10.8. The minimum absolute atomic E-state index is 0. The molecule has 0 atom stereocenters. The predicted molar refractivity (Wildman–Crippen MR) is 52.3 cm³/mol. The summed E-state index contributed by atoms with van der Waals surface area (Å²) >= 11 is 0. The molecular weight excluding hydrogens is 152 g/mol. The van der Waals surface area contributed by atoms with Gasteiger partial charge in [0.1, 0.15) is 6.29 Å². The Hall–Kier alpha value is -0.370. The molecule has 2 heteroatoms. The summed E-state index contributed by atoms with van der Waals surface area (Å²) in [6, 6.07) is 0. The van der Waals surface area contributed by atoms with Crippen molar-refractivity contribution in [3.05, 3.63) is 0 Å². The van der Waals surface area contributed by atoms with Gasteiger partial charge in [-0.25, -0.2) is 0 Å². The van der Waals surface area contributed by atoms with Crippen LogP contribution in [0.15, 0.2) is 0 Å². The van der Waals surface area contributed by atoms with Crippen LogP contribution in [0.5, 0.6) is 0 Å². The zero-order chi connectivity index (χ0) is 8.36. The number of aldehydes is 1. The third-order valence-corrected chi connectivity index (χ3v) is 1.93. The normalized spacial score (nSPS) is 9.08. The molecule has 0 fully saturated rings. The van der Waals surface area contributed by atoms with Crippen molar-refractivity contribution in [2.45, 2.75) is 58.3 Å². The molecule has 12 heavy (non-hydrogen) atoms. The van der Waals surface area contributed by atoms with Crippen LogP contribution in [0.25, 0.3) is 0 Å². The Morgan fingerprint density at radius 2 is 1.42 bits per heavy atom. The molecule has 0 spiro atoms. The highest BCUT2D eigenvalue weighted by atomic mass is 16.1. The molecule has 0 bridgehead atoms. The molecule has 0 aliphatic rings. The first-order chi connectivity index (χ1) is 5.41. The zero-order valence-corrected chi connectivity index (χ0v) is 8.14. The summed E-state index contributed by atoms with van der Waals surface area (Å²) in [4.78, 5) is 9.94. The Morgan fingerprint density at radius 3 is 1.92 bits per heavy atom. The fourth-order valence-electron chi connectivity index (χ4n) is 1.18. The lowest BCUT2D eigenvalue weighted by molar-refractivity contribution is -0.107. The van der Waals surface area contributed by atoms with Gasteiger partial charge >= 0.3 is 0 Å². The van der Waals surface area contributed by atoms with Crippen LogP contribution in [0.2, 0.25) is 0 Å². The number of carbonyl (C=O) groups is 1. The van der Waals surface area contributed by atoms with Gasteiger partial charge in [0, 0.05) is 6.42 Å². The Morgan fingerprint density at radius 1 is 0.917 bits per heavy atom. The Balaban J connectivity index is 0. The van der Waals surface area contributed by atoms with Crippen LogP contribution in [0.3, 0.4) is 0 Å². The lowest BCUT2D eigenvalue weighted by Crippen LogP contribution is -1.80. The average Bonchev–Trinajstić information content (AvgIpc) is 2.03.